The molecule has 0 aliphatic rings. The number of amides is 2. The number of ether oxygens (including phenoxy) is 1. The number of aryl methyl sites for hydroxylation is 3. The van der Waals surface area contributed by atoms with Crippen LogP contribution in [0, 0.1) is 26.2 Å². The molecule has 10 nitrogen and oxygen atoms in total. The molecule has 36 heavy (non-hydrogen) atoms. The monoisotopic (exact) mass is 492 g/mol. The highest BCUT2D eigenvalue weighted by molar-refractivity contribution is 5.99. The molecule has 0 fully saturated rings. The zero-order valence-electron chi connectivity index (χ0n) is 22.2. The Kier molecular flexibility index (Phi) is 6.98. The van der Waals surface area contributed by atoms with Crippen LogP contribution in [-0.4, -0.2) is 54.9 Å². The lowest BCUT2D eigenvalue weighted by atomic mass is 10.0. The number of carbonyl (C=O) groups excluding carboxylic acids is 2. The van der Waals surface area contributed by atoms with Gasteiger partial charge in [-0.25, -0.2) is 9.78 Å². The van der Waals surface area contributed by atoms with E-state index in [2.05, 4.69) is 21.2 Å². The van der Waals surface area contributed by atoms with Crippen molar-refractivity contribution in [3.8, 4) is 23.5 Å². The quantitative estimate of drug-likeness (QED) is 0.560. The number of nitrogens with zero attached hydrogens (tertiary/aromatic N) is 5. The number of carbonyl (C=O) groups is 2. The maximum Gasteiger partial charge on any atom is 0.410 e. The molecule has 3 rings (SSSR count). The van der Waals surface area contributed by atoms with E-state index < -0.39 is 23.6 Å². The lowest BCUT2D eigenvalue weighted by Gasteiger charge is -2.28. The molecule has 0 aliphatic heterocycles. The van der Waals surface area contributed by atoms with Crippen molar-refractivity contribution in [3.05, 3.63) is 39.6 Å². The number of fused-ring (bicyclic) bond motifs is 1. The summed E-state index contributed by atoms with van der Waals surface area (Å²) in [6, 6.07) is 2.54. The molecule has 0 aliphatic carbocycles. The van der Waals surface area contributed by atoms with Gasteiger partial charge in [-0.2, -0.15) is 0 Å². The molecule has 0 radical (unpaired) electrons. The van der Waals surface area contributed by atoms with E-state index in [-0.39, 0.29) is 11.4 Å². The van der Waals surface area contributed by atoms with E-state index in [1.54, 1.807) is 65.5 Å². The zero-order valence-corrected chi connectivity index (χ0v) is 22.2. The molecule has 0 spiro atoms. The first-order chi connectivity index (χ1) is 16.7. The number of anilines is 1. The molecule has 0 saturated carbocycles. The van der Waals surface area contributed by atoms with Gasteiger partial charge in [0.15, 0.2) is 0 Å². The highest BCUT2D eigenvalue weighted by atomic mass is 16.6. The van der Waals surface area contributed by atoms with E-state index >= 15 is 0 Å². The van der Waals surface area contributed by atoms with Crippen LogP contribution in [0.4, 0.5) is 10.6 Å². The van der Waals surface area contributed by atoms with E-state index in [1.807, 2.05) is 6.92 Å². The predicted octanol–water partition coefficient (Wildman–Crippen LogP) is 3.13. The van der Waals surface area contributed by atoms with Gasteiger partial charge in [-0.15, -0.1) is 6.42 Å². The van der Waals surface area contributed by atoms with Crippen molar-refractivity contribution in [2.45, 2.75) is 53.2 Å². The predicted molar refractivity (Wildman–Crippen MR) is 139 cm³/mol. The van der Waals surface area contributed by atoms with Gasteiger partial charge in [0.05, 0.1) is 16.6 Å². The molecule has 190 valence electrons. The highest BCUT2D eigenvalue weighted by Gasteiger charge is 2.27. The minimum absolute atomic E-state index is 0.155. The van der Waals surface area contributed by atoms with Crippen molar-refractivity contribution < 1.29 is 14.3 Å². The van der Waals surface area contributed by atoms with Crippen LogP contribution in [0.25, 0.3) is 22.0 Å². The normalized spacial score (nSPS) is 12.2. The van der Waals surface area contributed by atoms with Crippen LogP contribution < -0.4 is 10.9 Å². The summed E-state index contributed by atoms with van der Waals surface area (Å²) in [6.07, 6.45) is 5.05. The van der Waals surface area contributed by atoms with Gasteiger partial charge in [-0.1, -0.05) is 5.92 Å². The largest absolute Gasteiger partial charge is 0.444 e. The van der Waals surface area contributed by atoms with Crippen molar-refractivity contribution in [1.29, 1.82) is 0 Å². The molecule has 0 bridgehead atoms. The lowest BCUT2D eigenvalue weighted by molar-refractivity contribution is -0.120. The van der Waals surface area contributed by atoms with E-state index in [1.165, 1.54) is 16.6 Å². The fraction of sp³-hybridized carbons (Fsp3) is 0.423. The number of terminal acetylenes is 1. The van der Waals surface area contributed by atoms with E-state index in [4.69, 9.17) is 11.2 Å². The Morgan fingerprint density at radius 1 is 1.14 bits per heavy atom. The summed E-state index contributed by atoms with van der Waals surface area (Å²) in [5, 5.41) is 3.26. The minimum atomic E-state index is -0.843. The zero-order chi connectivity index (χ0) is 27.1. The first kappa shape index (κ1) is 26.5. The van der Waals surface area contributed by atoms with Gasteiger partial charge in [0, 0.05) is 32.4 Å². The maximum absolute atomic E-state index is 13.0. The molecule has 0 aromatic carbocycles. The van der Waals surface area contributed by atoms with Crippen LogP contribution in [-0.2, 0) is 23.6 Å². The molecule has 10 heteroatoms. The van der Waals surface area contributed by atoms with Crippen molar-refractivity contribution in [1.82, 2.24) is 24.2 Å². The Hall–Kier alpha value is -4.13. The average Bonchev–Trinajstić information content (AvgIpc) is 3.01. The second-order valence-electron chi connectivity index (χ2n) is 9.76. The summed E-state index contributed by atoms with van der Waals surface area (Å²) in [5.41, 5.74) is 2.85. The van der Waals surface area contributed by atoms with E-state index in [0.29, 0.717) is 39.1 Å². The standard InChI is InChI=1S/C26H32N6O4/c1-11-18-12-17(20-14(2)27-15(3)21-22(20)31(9)32(10)24(21)34)13-19(28-18)29-23(33)16(4)30(8)25(35)36-26(5,6)7/h1,12-13,16H,2-10H3,(H,28,29,33). The SMILES string of the molecule is C#Cc1cc(-c2c(C)nc(C)c3c(=O)n(C)n(C)c23)cc(NC(=O)C(C)N(C)C(=O)OC(C)(C)C)n1. The Morgan fingerprint density at radius 2 is 1.78 bits per heavy atom. The number of hydrogen-bond donors (Lipinski definition) is 1. The Balaban J connectivity index is 2.05. The molecule has 1 atom stereocenters. The summed E-state index contributed by atoms with van der Waals surface area (Å²) in [4.78, 5) is 48.4. The molecule has 1 unspecified atom stereocenters. The van der Waals surface area contributed by atoms with Crippen LogP contribution >= 0.6 is 0 Å². The highest BCUT2D eigenvalue weighted by Crippen LogP contribution is 2.32. The van der Waals surface area contributed by atoms with Gasteiger partial charge in [0.2, 0.25) is 5.91 Å². The van der Waals surface area contributed by atoms with Gasteiger partial charge < -0.3 is 10.1 Å². The van der Waals surface area contributed by atoms with Crippen LogP contribution in [0.5, 0.6) is 0 Å². The van der Waals surface area contributed by atoms with Crippen molar-refractivity contribution in [2.24, 2.45) is 14.1 Å². The molecule has 2 amide bonds. The number of aromatic nitrogens is 4. The summed E-state index contributed by atoms with van der Waals surface area (Å²) in [5.74, 6) is 2.26. The fourth-order valence-corrected chi connectivity index (χ4v) is 3.92. The van der Waals surface area contributed by atoms with Crippen LogP contribution in [0.15, 0.2) is 16.9 Å². The topological polar surface area (TPSA) is 111 Å². The van der Waals surface area contributed by atoms with Crippen molar-refractivity contribution in [3.63, 3.8) is 0 Å². The number of likely N-dealkylation sites (N-methyl/N-ethyl adjacent to an activating group) is 1. The molecule has 3 aromatic rings. The average molecular weight is 493 g/mol. The van der Waals surface area contributed by atoms with Gasteiger partial charge in [0.25, 0.3) is 5.56 Å². The Morgan fingerprint density at radius 3 is 2.36 bits per heavy atom. The van der Waals surface area contributed by atoms with Gasteiger partial charge >= 0.3 is 6.09 Å². The smallest absolute Gasteiger partial charge is 0.410 e. The molecule has 0 saturated heterocycles. The van der Waals surface area contributed by atoms with Gasteiger partial charge in [0.1, 0.15) is 23.2 Å². The van der Waals surface area contributed by atoms with Gasteiger partial charge in [-0.05, 0) is 59.2 Å². The van der Waals surface area contributed by atoms with Crippen molar-refractivity contribution in [2.75, 3.05) is 12.4 Å². The van der Waals surface area contributed by atoms with E-state index in [0.717, 1.165) is 0 Å². The van der Waals surface area contributed by atoms with E-state index in [9.17, 15) is 14.4 Å². The summed E-state index contributed by atoms with van der Waals surface area (Å²) >= 11 is 0. The molecular weight excluding hydrogens is 460 g/mol. The Labute approximate surface area is 210 Å². The molecule has 3 heterocycles. The minimum Gasteiger partial charge on any atom is -0.444 e. The summed E-state index contributed by atoms with van der Waals surface area (Å²) < 4.78 is 8.63. The molecular formula is C26H32N6O4. The summed E-state index contributed by atoms with van der Waals surface area (Å²) in [6.45, 7) is 10.5. The third-order valence-corrected chi connectivity index (χ3v) is 5.97. The third-order valence-electron chi connectivity index (χ3n) is 5.97. The van der Waals surface area contributed by atoms with Crippen LogP contribution in [0.3, 0.4) is 0 Å². The number of nitrogens with one attached hydrogen (secondary N) is 1. The van der Waals surface area contributed by atoms with Gasteiger partial charge in [-0.3, -0.25) is 28.8 Å². The molecule has 1 N–H and O–H groups in total. The summed E-state index contributed by atoms with van der Waals surface area (Å²) in [7, 11) is 4.98. The number of hydrogen-bond acceptors (Lipinski definition) is 6. The fourth-order valence-electron chi connectivity index (χ4n) is 3.92. The first-order valence-electron chi connectivity index (χ1n) is 11.4. The second kappa shape index (κ2) is 9.49. The van der Waals surface area contributed by atoms with Crippen molar-refractivity contribution >= 4 is 28.7 Å². The first-order valence-corrected chi connectivity index (χ1v) is 11.4. The second-order valence-corrected chi connectivity index (χ2v) is 9.76. The lowest BCUT2D eigenvalue weighted by Crippen LogP contribution is -2.45. The molecule has 3 aromatic heterocycles. The Bertz CT molecular complexity index is 1470. The maximum atomic E-state index is 13.0. The van der Waals surface area contributed by atoms with Crippen LogP contribution in [0.1, 0.15) is 44.8 Å². The number of rotatable bonds is 4. The van der Waals surface area contributed by atoms with Crippen LogP contribution in [0.2, 0.25) is 0 Å². The number of pyridine rings is 2. The third kappa shape index (κ3) is 4.96.